The Kier molecular flexibility index (Phi) is 2.98. The SMILES string of the molecule is CNc1ccc(Oc2cnnc3ccccc23)cc1. The summed E-state index contributed by atoms with van der Waals surface area (Å²) in [6.45, 7) is 0. The first-order valence-electron chi connectivity index (χ1n) is 6.03. The van der Waals surface area contributed by atoms with Crippen molar-refractivity contribution >= 4 is 16.6 Å². The van der Waals surface area contributed by atoms with Crippen molar-refractivity contribution in [2.75, 3.05) is 12.4 Å². The highest BCUT2D eigenvalue weighted by Gasteiger charge is 2.04. The maximum absolute atomic E-state index is 5.86. The van der Waals surface area contributed by atoms with Gasteiger partial charge >= 0.3 is 0 Å². The molecule has 1 aromatic heterocycles. The molecule has 94 valence electrons. The Balaban J connectivity index is 1.96. The molecule has 0 spiro atoms. The van der Waals surface area contributed by atoms with E-state index in [2.05, 4.69) is 15.5 Å². The Bertz CT molecular complexity index is 690. The number of hydrogen-bond acceptors (Lipinski definition) is 4. The molecule has 0 radical (unpaired) electrons. The molecule has 2 aromatic carbocycles. The summed E-state index contributed by atoms with van der Waals surface area (Å²) in [5.41, 5.74) is 1.87. The quantitative estimate of drug-likeness (QED) is 0.774. The molecule has 19 heavy (non-hydrogen) atoms. The van der Waals surface area contributed by atoms with Crippen molar-refractivity contribution in [3.8, 4) is 11.5 Å². The van der Waals surface area contributed by atoms with E-state index in [4.69, 9.17) is 4.74 Å². The van der Waals surface area contributed by atoms with Gasteiger partial charge in [0.05, 0.1) is 11.7 Å². The molecule has 4 heteroatoms. The molecule has 0 saturated carbocycles. The molecule has 1 N–H and O–H groups in total. The van der Waals surface area contributed by atoms with Crippen molar-refractivity contribution in [3.63, 3.8) is 0 Å². The molecule has 0 aliphatic carbocycles. The first-order valence-corrected chi connectivity index (χ1v) is 6.03. The van der Waals surface area contributed by atoms with Crippen LogP contribution in [-0.4, -0.2) is 17.2 Å². The van der Waals surface area contributed by atoms with Crippen LogP contribution < -0.4 is 10.1 Å². The molecule has 0 aliphatic heterocycles. The first kappa shape index (κ1) is 11.5. The van der Waals surface area contributed by atoms with Crippen LogP contribution in [0, 0.1) is 0 Å². The average molecular weight is 251 g/mol. The Morgan fingerprint density at radius 1 is 1.00 bits per heavy atom. The van der Waals surface area contributed by atoms with Gasteiger partial charge in [0, 0.05) is 18.1 Å². The summed E-state index contributed by atoms with van der Waals surface area (Å²) in [6.07, 6.45) is 1.63. The summed E-state index contributed by atoms with van der Waals surface area (Å²) in [5, 5.41) is 12.0. The van der Waals surface area contributed by atoms with E-state index >= 15 is 0 Å². The summed E-state index contributed by atoms with van der Waals surface area (Å²) in [4.78, 5) is 0. The van der Waals surface area contributed by atoms with E-state index in [1.54, 1.807) is 6.20 Å². The van der Waals surface area contributed by atoms with Gasteiger partial charge in [-0.2, -0.15) is 10.2 Å². The third-order valence-electron chi connectivity index (χ3n) is 2.88. The van der Waals surface area contributed by atoms with Crippen LogP contribution in [0.2, 0.25) is 0 Å². The summed E-state index contributed by atoms with van der Waals surface area (Å²) in [5.74, 6) is 1.49. The van der Waals surface area contributed by atoms with Gasteiger partial charge in [0.15, 0.2) is 5.75 Å². The molecule has 4 nitrogen and oxygen atoms in total. The Labute approximate surface area is 111 Å². The summed E-state index contributed by atoms with van der Waals surface area (Å²) >= 11 is 0. The number of benzene rings is 2. The normalized spacial score (nSPS) is 10.4. The van der Waals surface area contributed by atoms with Crippen LogP contribution in [0.4, 0.5) is 5.69 Å². The van der Waals surface area contributed by atoms with E-state index in [0.29, 0.717) is 5.75 Å². The zero-order valence-corrected chi connectivity index (χ0v) is 10.5. The molecule has 0 atom stereocenters. The molecule has 0 fully saturated rings. The van der Waals surface area contributed by atoms with E-state index in [-0.39, 0.29) is 0 Å². The monoisotopic (exact) mass is 251 g/mol. The van der Waals surface area contributed by atoms with Gasteiger partial charge in [0.2, 0.25) is 0 Å². The molecule has 1 heterocycles. The molecule has 0 aliphatic rings. The smallest absolute Gasteiger partial charge is 0.156 e. The number of nitrogens with one attached hydrogen (secondary N) is 1. The van der Waals surface area contributed by atoms with Crippen LogP contribution in [0.3, 0.4) is 0 Å². The van der Waals surface area contributed by atoms with E-state index in [1.807, 2.05) is 55.6 Å². The van der Waals surface area contributed by atoms with Gasteiger partial charge in [-0.1, -0.05) is 12.1 Å². The van der Waals surface area contributed by atoms with Gasteiger partial charge in [-0.25, -0.2) is 0 Å². The van der Waals surface area contributed by atoms with Crippen LogP contribution in [0.1, 0.15) is 0 Å². The average Bonchev–Trinajstić information content (AvgIpc) is 2.48. The lowest BCUT2D eigenvalue weighted by Gasteiger charge is -2.08. The lowest BCUT2D eigenvalue weighted by molar-refractivity contribution is 0.485. The van der Waals surface area contributed by atoms with E-state index in [1.165, 1.54) is 0 Å². The van der Waals surface area contributed by atoms with Crippen LogP contribution in [0.15, 0.2) is 54.7 Å². The van der Waals surface area contributed by atoms with E-state index in [0.717, 1.165) is 22.3 Å². The summed E-state index contributed by atoms with van der Waals surface area (Å²) in [6, 6.07) is 15.5. The van der Waals surface area contributed by atoms with Gasteiger partial charge in [-0.3, -0.25) is 0 Å². The van der Waals surface area contributed by atoms with Crippen molar-refractivity contribution in [1.82, 2.24) is 10.2 Å². The highest BCUT2D eigenvalue weighted by atomic mass is 16.5. The Morgan fingerprint density at radius 2 is 1.79 bits per heavy atom. The lowest BCUT2D eigenvalue weighted by Crippen LogP contribution is -1.91. The van der Waals surface area contributed by atoms with E-state index in [9.17, 15) is 0 Å². The van der Waals surface area contributed by atoms with Crippen LogP contribution in [0.25, 0.3) is 10.9 Å². The zero-order valence-electron chi connectivity index (χ0n) is 10.5. The predicted molar refractivity (Wildman–Crippen MR) is 75.6 cm³/mol. The van der Waals surface area contributed by atoms with Crippen LogP contribution in [-0.2, 0) is 0 Å². The Hall–Kier alpha value is -2.62. The molecule has 0 unspecified atom stereocenters. The van der Waals surface area contributed by atoms with Gasteiger partial charge < -0.3 is 10.1 Å². The van der Waals surface area contributed by atoms with Crippen molar-refractivity contribution in [2.45, 2.75) is 0 Å². The molecule has 3 aromatic rings. The molecule has 0 bridgehead atoms. The topological polar surface area (TPSA) is 47.0 Å². The predicted octanol–water partition coefficient (Wildman–Crippen LogP) is 3.46. The second-order valence-electron chi connectivity index (χ2n) is 4.10. The maximum atomic E-state index is 5.86. The third kappa shape index (κ3) is 2.33. The fourth-order valence-electron chi connectivity index (χ4n) is 1.88. The maximum Gasteiger partial charge on any atom is 0.156 e. The van der Waals surface area contributed by atoms with Crippen molar-refractivity contribution in [2.24, 2.45) is 0 Å². The fourth-order valence-corrected chi connectivity index (χ4v) is 1.88. The molecule has 3 rings (SSSR count). The largest absolute Gasteiger partial charge is 0.455 e. The number of aromatic nitrogens is 2. The molecular formula is C15H13N3O. The Morgan fingerprint density at radius 3 is 2.58 bits per heavy atom. The number of anilines is 1. The number of fused-ring (bicyclic) bond motifs is 1. The molecule has 0 amide bonds. The first-order chi connectivity index (χ1) is 9.36. The molecule has 0 saturated heterocycles. The van der Waals surface area contributed by atoms with Gasteiger partial charge in [0.25, 0.3) is 0 Å². The zero-order chi connectivity index (χ0) is 13.1. The van der Waals surface area contributed by atoms with Crippen molar-refractivity contribution in [1.29, 1.82) is 0 Å². The van der Waals surface area contributed by atoms with Gasteiger partial charge in [-0.15, -0.1) is 0 Å². The summed E-state index contributed by atoms with van der Waals surface area (Å²) in [7, 11) is 1.89. The highest BCUT2D eigenvalue weighted by Crippen LogP contribution is 2.28. The minimum absolute atomic E-state index is 0.711. The second kappa shape index (κ2) is 4.94. The number of rotatable bonds is 3. The minimum atomic E-state index is 0.711. The van der Waals surface area contributed by atoms with Crippen molar-refractivity contribution < 1.29 is 4.74 Å². The standard InChI is InChI=1S/C15H13N3O/c1-16-11-6-8-12(9-7-11)19-15-10-17-18-14-5-3-2-4-13(14)15/h2-10,16H,1H3. The van der Waals surface area contributed by atoms with Gasteiger partial charge in [-0.05, 0) is 36.4 Å². The highest BCUT2D eigenvalue weighted by molar-refractivity contribution is 5.84. The summed E-state index contributed by atoms with van der Waals surface area (Å²) < 4.78 is 5.86. The molecular weight excluding hydrogens is 238 g/mol. The number of hydrogen-bond donors (Lipinski definition) is 1. The second-order valence-corrected chi connectivity index (χ2v) is 4.10. The number of ether oxygens (including phenoxy) is 1. The van der Waals surface area contributed by atoms with E-state index < -0.39 is 0 Å². The minimum Gasteiger partial charge on any atom is -0.455 e. The van der Waals surface area contributed by atoms with Crippen LogP contribution >= 0.6 is 0 Å². The number of nitrogens with zero attached hydrogens (tertiary/aromatic N) is 2. The van der Waals surface area contributed by atoms with Crippen molar-refractivity contribution in [3.05, 3.63) is 54.7 Å². The fraction of sp³-hybridized carbons (Fsp3) is 0.0667. The van der Waals surface area contributed by atoms with Crippen LogP contribution in [0.5, 0.6) is 11.5 Å². The lowest BCUT2D eigenvalue weighted by atomic mass is 10.2. The van der Waals surface area contributed by atoms with Gasteiger partial charge in [0.1, 0.15) is 5.75 Å². The third-order valence-corrected chi connectivity index (χ3v) is 2.88.